The van der Waals surface area contributed by atoms with Crippen LogP contribution < -0.4 is 4.90 Å². The summed E-state index contributed by atoms with van der Waals surface area (Å²) in [6.07, 6.45) is 0.304. The van der Waals surface area contributed by atoms with Gasteiger partial charge in [0, 0.05) is 18.4 Å². The number of anilines is 1. The Morgan fingerprint density at radius 3 is 2.48 bits per heavy atom. The summed E-state index contributed by atoms with van der Waals surface area (Å²) in [6.45, 7) is -0.323. The number of carbonyl (C=O) groups excluding carboxylic acids is 3. The molecule has 0 N–H and O–H groups in total. The number of ether oxygens (including phenoxy) is 1. The second-order valence-corrected chi connectivity index (χ2v) is 5.86. The van der Waals surface area contributed by atoms with Gasteiger partial charge in [0.15, 0.2) is 0 Å². The van der Waals surface area contributed by atoms with Crippen molar-refractivity contribution < 1.29 is 23.5 Å². The van der Waals surface area contributed by atoms with Crippen molar-refractivity contribution in [3.8, 4) is 0 Å². The highest BCUT2D eigenvalue weighted by atomic mass is 35.5. The molecule has 1 heterocycles. The number of rotatable bonds is 4. The van der Waals surface area contributed by atoms with E-state index in [0.717, 1.165) is 4.90 Å². The van der Waals surface area contributed by atoms with Crippen molar-refractivity contribution in [1.29, 1.82) is 0 Å². The van der Waals surface area contributed by atoms with E-state index in [4.69, 9.17) is 16.3 Å². The molecule has 0 aromatic heterocycles. The van der Waals surface area contributed by atoms with Crippen LogP contribution in [0.4, 0.5) is 10.1 Å². The second kappa shape index (κ2) is 7.03. The van der Waals surface area contributed by atoms with E-state index in [2.05, 4.69) is 0 Å². The van der Waals surface area contributed by atoms with Gasteiger partial charge < -0.3 is 4.74 Å². The zero-order valence-corrected chi connectivity index (χ0v) is 13.8. The summed E-state index contributed by atoms with van der Waals surface area (Å²) in [5.74, 6) is -1.90. The van der Waals surface area contributed by atoms with E-state index in [1.165, 1.54) is 30.3 Å². The molecule has 0 bridgehead atoms. The van der Waals surface area contributed by atoms with Gasteiger partial charge in [-0.05, 0) is 30.3 Å². The Labute approximate surface area is 147 Å². The maximum Gasteiger partial charge on any atom is 0.338 e. The maximum atomic E-state index is 13.7. The van der Waals surface area contributed by atoms with Crippen molar-refractivity contribution in [3.63, 3.8) is 0 Å². The van der Waals surface area contributed by atoms with Crippen LogP contribution in [0.2, 0.25) is 5.02 Å². The fourth-order valence-electron chi connectivity index (χ4n) is 2.53. The van der Waals surface area contributed by atoms with E-state index in [1.807, 2.05) is 0 Å². The van der Waals surface area contributed by atoms with Crippen LogP contribution in [0.15, 0.2) is 42.5 Å². The van der Waals surface area contributed by atoms with E-state index in [-0.39, 0.29) is 47.4 Å². The van der Waals surface area contributed by atoms with E-state index in [1.54, 1.807) is 12.1 Å². The summed E-state index contributed by atoms with van der Waals surface area (Å²) in [4.78, 5) is 36.8. The largest absolute Gasteiger partial charge is 0.457 e. The summed E-state index contributed by atoms with van der Waals surface area (Å²) in [5.41, 5.74) is 0.543. The molecular formula is C18H13ClFNO4. The van der Waals surface area contributed by atoms with Gasteiger partial charge in [-0.15, -0.1) is 0 Å². The molecule has 0 atom stereocenters. The molecule has 0 spiro atoms. The van der Waals surface area contributed by atoms with Crippen LogP contribution in [0.25, 0.3) is 0 Å². The minimum absolute atomic E-state index is 0.0820. The summed E-state index contributed by atoms with van der Waals surface area (Å²) in [7, 11) is 0. The number of halogens is 2. The zero-order valence-electron chi connectivity index (χ0n) is 13.0. The molecule has 1 fully saturated rings. The van der Waals surface area contributed by atoms with Crippen molar-refractivity contribution in [2.24, 2.45) is 0 Å². The van der Waals surface area contributed by atoms with Gasteiger partial charge in [-0.25, -0.2) is 9.18 Å². The number of benzene rings is 2. The van der Waals surface area contributed by atoms with Gasteiger partial charge in [0.25, 0.3) is 0 Å². The number of hydrogen-bond acceptors (Lipinski definition) is 4. The molecule has 0 aliphatic carbocycles. The molecule has 0 unspecified atom stereocenters. The molecule has 25 heavy (non-hydrogen) atoms. The van der Waals surface area contributed by atoms with Crippen molar-refractivity contribution >= 4 is 35.1 Å². The number of carbonyl (C=O) groups is 3. The molecule has 2 amide bonds. The zero-order chi connectivity index (χ0) is 18.0. The fourth-order valence-corrected chi connectivity index (χ4v) is 2.75. The Hall–Kier alpha value is -2.73. The van der Waals surface area contributed by atoms with Crippen molar-refractivity contribution in [2.75, 3.05) is 4.90 Å². The molecule has 1 aliphatic heterocycles. The molecule has 1 aliphatic rings. The Kier molecular flexibility index (Phi) is 4.81. The van der Waals surface area contributed by atoms with Crippen LogP contribution in [0.3, 0.4) is 0 Å². The molecule has 0 radical (unpaired) electrons. The first-order valence-corrected chi connectivity index (χ1v) is 7.91. The summed E-state index contributed by atoms with van der Waals surface area (Å²) in [5, 5.41) is 0.162. The number of hydrogen-bond donors (Lipinski definition) is 0. The molecule has 2 aromatic rings. The predicted molar refractivity (Wildman–Crippen MR) is 88.7 cm³/mol. The van der Waals surface area contributed by atoms with E-state index in [0.29, 0.717) is 5.69 Å². The summed E-state index contributed by atoms with van der Waals surface area (Å²) in [6, 6.07) is 10.2. The van der Waals surface area contributed by atoms with Gasteiger partial charge in [-0.3, -0.25) is 14.5 Å². The SMILES string of the molecule is O=C(OCc1c(F)cccc1Cl)c1cccc(N2C(=O)CCC2=O)c1. The Morgan fingerprint density at radius 2 is 1.80 bits per heavy atom. The topological polar surface area (TPSA) is 63.7 Å². The molecule has 128 valence electrons. The smallest absolute Gasteiger partial charge is 0.338 e. The minimum atomic E-state index is -0.708. The molecule has 1 saturated heterocycles. The van der Waals surface area contributed by atoms with Crippen molar-refractivity contribution in [3.05, 3.63) is 64.4 Å². The first-order chi connectivity index (χ1) is 12.0. The molecule has 5 nitrogen and oxygen atoms in total. The van der Waals surface area contributed by atoms with Crippen LogP contribution in [0, 0.1) is 5.82 Å². The van der Waals surface area contributed by atoms with Gasteiger partial charge >= 0.3 is 5.97 Å². The average molecular weight is 362 g/mol. The first kappa shape index (κ1) is 17.1. The van der Waals surface area contributed by atoms with Gasteiger partial charge in [-0.1, -0.05) is 23.7 Å². The highest BCUT2D eigenvalue weighted by molar-refractivity contribution is 6.31. The standard InChI is InChI=1S/C18H13ClFNO4/c19-14-5-2-6-15(20)13(14)10-25-18(24)11-3-1-4-12(9-11)21-16(22)7-8-17(21)23/h1-6,9H,7-8,10H2. The fraction of sp³-hybridized carbons (Fsp3) is 0.167. The van der Waals surface area contributed by atoms with E-state index >= 15 is 0 Å². The van der Waals surface area contributed by atoms with Crippen LogP contribution >= 0.6 is 11.6 Å². The van der Waals surface area contributed by atoms with Crippen LogP contribution in [-0.4, -0.2) is 17.8 Å². The molecule has 2 aromatic carbocycles. The quantitative estimate of drug-likeness (QED) is 0.617. The Bertz CT molecular complexity index is 832. The van der Waals surface area contributed by atoms with E-state index < -0.39 is 11.8 Å². The lowest BCUT2D eigenvalue weighted by molar-refractivity contribution is -0.121. The van der Waals surface area contributed by atoms with Gasteiger partial charge in [0.05, 0.1) is 16.3 Å². The highest BCUT2D eigenvalue weighted by Crippen LogP contribution is 2.24. The molecule has 3 rings (SSSR count). The van der Waals surface area contributed by atoms with Gasteiger partial charge in [0.2, 0.25) is 11.8 Å². The van der Waals surface area contributed by atoms with Gasteiger partial charge in [-0.2, -0.15) is 0 Å². The number of amides is 2. The Balaban J connectivity index is 1.76. The van der Waals surface area contributed by atoms with E-state index in [9.17, 15) is 18.8 Å². The third-order valence-electron chi connectivity index (χ3n) is 3.80. The second-order valence-electron chi connectivity index (χ2n) is 5.45. The van der Waals surface area contributed by atoms with Gasteiger partial charge in [0.1, 0.15) is 12.4 Å². The first-order valence-electron chi connectivity index (χ1n) is 7.53. The average Bonchev–Trinajstić information content (AvgIpc) is 2.93. The van der Waals surface area contributed by atoms with Crippen LogP contribution in [0.1, 0.15) is 28.8 Å². The molecular weight excluding hydrogens is 349 g/mol. The third-order valence-corrected chi connectivity index (χ3v) is 4.15. The lowest BCUT2D eigenvalue weighted by Gasteiger charge is -2.14. The lowest BCUT2D eigenvalue weighted by Crippen LogP contribution is -2.28. The normalized spacial score (nSPS) is 14.1. The summed E-state index contributed by atoms with van der Waals surface area (Å²) < 4.78 is 18.8. The van der Waals surface area contributed by atoms with Crippen molar-refractivity contribution in [2.45, 2.75) is 19.4 Å². The lowest BCUT2D eigenvalue weighted by atomic mass is 10.2. The third kappa shape index (κ3) is 3.53. The summed E-state index contributed by atoms with van der Waals surface area (Å²) >= 11 is 5.89. The highest BCUT2D eigenvalue weighted by Gasteiger charge is 2.30. The number of nitrogens with zero attached hydrogens (tertiary/aromatic N) is 1. The van der Waals surface area contributed by atoms with Crippen molar-refractivity contribution in [1.82, 2.24) is 0 Å². The number of esters is 1. The molecule has 7 heteroatoms. The predicted octanol–water partition coefficient (Wildman–Crippen LogP) is 3.49. The molecule has 0 saturated carbocycles. The number of imide groups is 1. The van der Waals surface area contributed by atoms with Crippen LogP contribution in [-0.2, 0) is 20.9 Å². The Morgan fingerprint density at radius 1 is 1.12 bits per heavy atom. The minimum Gasteiger partial charge on any atom is -0.457 e. The van der Waals surface area contributed by atoms with Crippen LogP contribution in [0.5, 0.6) is 0 Å². The maximum absolute atomic E-state index is 13.7. The monoisotopic (exact) mass is 361 g/mol.